The molecule has 0 bridgehead atoms. The van der Waals surface area contributed by atoms with E-state index in [9.17, 15) is 17.6 Å². The van der Waals surface area contributed by atoms with Crippen LogP contribution >= 0.6 is 0 Å². The first kappa shape index (κ1) is 18.9. The Kier molecular flexibility index (Phi) is 4.66. The van der Waals surface area contributed by atoms with Crippen LogP contribution in [-0.4, -0.2) is 21.4 Å². The first-order chi connectivity index (χ1) is 12.6. The van der Waals surface area contributed by atoms with Crippen molar-refractivity contribution in [2.45, 2.75) is 39.2 Å². The lowest BCUT2D eigenvalue weighted by Crippen LogP contribution is -2.28. The maximum atomic E-state index is 13.5. The molecular formula is C17H17F4N5O. The van der Waals surface area contributed by atoms with Gasteiger partial charge in [-0.2, -0.15) is 23.7 Å². The number of aromatic nitrogens is 3. The summed E-state index contributed by atoms with van der Waals surface area (Å²) in [5, 5.41) is 3.61. The fourth-order valence-electron chi connectivity index (χ4n) is 2.54. The van der Waals surface area contributed by atoms with Gasteiger partial charge in [0, 0.05) is 5.39 Å². The minimum atomic E-state index is -4.54. The minimum absolute atomic E-state index is 0.348. The summed E-state index contributed by atoms with van der Waals surface area (Å²) < 4.78 is 58.0. The molecular weight excluding hydrogens is 366 g/mol. The van der Waals surface area contributed by atoms with Gasteiger partial charge >= 0.3 is 12.3 Å². The molecule has 1 aromatic carbocycles. The second-order valence-corrected chi connectivity index (χ2v) is 6.21. The number of furan rings is 1. The highest BCUT2D eigenvalue weighted by Crippen LogP contribution is 2.33. The zero-order valence-electron chi connectivity index (χ0n) is 14.7. The van der Waals surface area contributed by atoms with Gasteiger partial charge < -0.3 is 15.5 Å². The van der Waals surface area contributed by atoms with Gasteiger partial charge in [-0.05, 0) is 38.0 Å². The number of fused-ring (bicyclic) bond motifs is 1. The van der Waals surface area contributed by atoms with Gasteiger partial charge in [0.05, 0.1) is 6.04 Å². The molecule has 6 nitrogen and oxygen atoms in total. The Morgan fingerprint density at radius 3 is 2.52 bits per heavy atom. The molecule has 3 N–H and O–H groups in total. The molecule has 0 aliphatic heterocycles. The fourth-order valence-corrected chi connectivity index (χ4v) is 2.54. The van der Waals surface area contributed by atoms with E-state index in [1.165, 1.54) is 0 Å². The van der Waals surface area contributed by atoms with Crippen molar-refractivity contribution in [3.8, 4) is 0 Å². The molecule has 0 fully saturated rings. The molecule has 0 aliphatic rings. The van der Waals surface area contributed by atoms with Gasteiger partial charge in [0.15, 0.2) is 0 Å². The van der Waals surface area contributed by atoms with E-state index in [4.69, 9.17) is 10.2 Å². The summed E-state index contributed by atoms with van der Waals surface area (Å²) in [4.78, 5) is 10.2. The summed E-state index contributed by atoms with van der Waals surface area (Å²) in [6, 6.07) is 5.12. The topological polar surface area (TPSA) is 89.9 Å². The van der Waals surface area contributed by atoms with Gasteiger partial charge in [0.2, 0.25) is 17.7 Å². The van der Waals surface area contributed by atoms with Gasteiger partial charge in [-0.1, -0.05) is 12.1 Å². The van der Waals surface area contributed by atoms with E-state index in [1.54, 1.807) is 13.0 Å². The standard InChI is InChI=1S/C17H17F4N5O/c1-7-4-5-10-6-11(27-12(10)8(7)2)9(3)23-16-25-14(24-15(22)26-16)17(20,21)13(18)19/h4-6,9,13H,1-3H3,(H3,22,23,24,25,26). The number of aryl methyl sites for hydroxylation is 2. The largest absolute Gasteiger partial charge is 0.459 e. The van der Waals surface area contributed by atoms with Crippen LogP contribution in [0.1, 0.15) is 35.7 Å². The summed E-state index contributed by atoms with van der Waals surface area (Å²) >= 11 is 0. The van der Waals surface area contributed by atoms with Crippen molar-refractivity contribution in [3.05, 3.63) is 40.9 Å². The van der Waals surface area contributed by atoms with E-state index in [2.05, 4.69) is 20.3 Å². The van der Waals surface area contributed by atoms with Crippen LogP contribution < -0.4 is 11.1 Å². The molecule has 2 heterocycles. The highest BCUT2D eigenvalue weighted by molar-refractivity contribution is 5.82. The predicted octanol–water partition coefficient (Wildman–Crippen LogP) is 4.35. The van der Waals surface area contributed by atoms with E-state index in [1.807, 2.05) is 26.0 Å². The monoisotopic (exact) mass is 383 g/mol. The number of hydrogen-bond donors (Lipinski definition) is 2. The van der Waals surface area contributed by atoms with Gasteiger partial charge in [0.25, 0.3) is 0 Å². The zero-order valence-corrected chi connectivity index (χ0v) is 14.7. The number of rotatable bonds is 5. The number of nitrogen functional groups attached to an aromatic ring is 1. The summed E-state index contributed by atoms with van der Waals surface area (Å²) in [6.07, 6.45) is -3.97. The number of nitrogens with two attached hydrogens (primary N) is 1. The quantitative estimate of drug-likeness (QED) is 0.637. The molecule has 1 atom stereocenters. The van der Waals surface area contributed by atoms with Crippen molar-refractivity contribution in [1.82, 2.24) is 15.0 Å². The Balaban J connectivity index is 1.91. The third-order valence-corrected chi connectivity index (χ3v) is 4.22. The second kappa shape index (κ2) is 6.67. The third kappa shape index (κ3) is 3.51. The lowest BCUT2D eigenvalue weighted by molar-refractivity contribution is -0.140. The van der Waals surface area contributed by atoms with Gasteiger partial charge in [-0.3, -0.25) is 0 Å². The van der Waals surface area contributed by atoms with Crippen LogP contribution in [-0.2, 0) is 5.92 Å². The van der Waals surface area contributed by atoms with Crippen molar-refractivity contribution >= 4 is 22.9 Å². The molecule has 3 aromatic rings. The SMILES string of the molecule is Cc1ccc2cc(C(C)Nc3nc(N)nc(C(F)(F)C(F)F)n3)oc2c1C. The molecule has 0 saturated heterocycles. The number of benzene rings is 1. The molecule has 0 spiro atoms. The number of anilines is 2. The maximum absolute atomic E-state index is 13.5. The lowest BCUT2D eigenvalue weighted by Gasteiger charge is -2.16. The Morgan fingerprint density at radius 2 is 1.85 bits per heavy atom. The average molecular weight is 383 g/mol. The van der Waals surface area contributed by atoms with Crippen molar-refractivity contribution in [2.75, 3.05) is 11.1 Å². The first-order valence-corrected chi connectivity index (χ1v) is 8.03. The van der Waals surface area contributed by atoms with Gasteiger partial charge in [0.1, 0.15) is 11.3 Å². The summed E-state index contributed by atoms with van der Waals surface area (Å²) in [7, 11) is 0. The summed E-state index contributed by atoms with van der Waals surface area (Å²) in [5.41, 5.74) is 8.12. The van der Waals surface area contributed by atoms with Crippen LogP contribution in [0.25, 0.3) is 11.0 Å². The molecule has 1 unspecified atom stereocenters. The average Bonchev–Trinajstić information content (AvgIpc) is 3.02. The van der Waals surface area contributed by atoms with Gasteiger partial charge in [-0.15, -0.1) is 0 Å². The molecule has 0 amide bonds. The molecule has 10 heteroatoms. The summed E-state index contributed by atoms with van der Waals surface area (Å²) in [6.45, 7) is 5.57. The number of hydrogen-bond acceptors (Lipinski definition) is 6. The number of nitrogens with one attached hydrogen (secondary N) is 1. The molecule has 0 radical (unpaired) electrons. The number of halogens is 4. The maximum Gasteiger partial charge on any atom is 0.365 e. The Morgan fingerprint density at radius 1 is 1.15 bits per heavy atom. The lowest BCUT2D eigenvalue weighted by atomic mass is 10.1. The molecule has 144 valence electrons. The molecule has 2 aromatic heterocycles. The van der Waals surface area contributed by atoms with E-state index >= 15 is 0 Å². The van der Waals surface area contributed by atoms with Crippen LogP contribution in [0.15, 0.2) is 22.6 Å². The van der Waals surface area contributed by atoms with E-state index in [-0.39, 0.29) is 5.95 Å². The van der Waals surface area contributed by atoms with E-state index in [0.717, 1.165) is 16.5 Å². The molecule has 0 saturated carbocycles. The Bertz CT molecular complexity index is 989. The minimum Gasteiger partial charge on any atom is -0.459 e. The first-order valence-electron chi connectivity index (χ1n) is 8.03. The van der Waals surface area contributed by atoms with Crippen molar-refractivity contribution in [3.63, 3.8) is 0 Å². The van der Waals surface area contributed by atoms with Crippen LogP contribution in [0.3, 0.4) is 0 Å². The normalized spacial score (nSPS) is 13.3. The predicted molar refractivity (Wildman–Crippen MR) is 91.9 cm³/mol. The van der Waals surface area contributed by atoms with Crippen LogP contribution in [0.4, 0.5) is 29.5 Å². The molecule has 0 aliphatic carbocycles. The van der Waals surface area contributed by atoms with Crippen LogP contribution in [0.2, 0.25) is 0 Å². The molecule has 3 rings (SSSR count). The van der Waals surface area contributed by atoms with E-state index in [0.29, 0.717) is 11.3 Å². The second-order valence-electron chi connectivity index (χ2n) is 6.21. The van der Waals surface area contributed by atoms with E-state index < -0.39 is 30.2 Å². The Labute approximate surface area is 151 Å². The van der Waals surface area contributed by atoms with Gasteiger partial charge in [-0.25, -0.2) is 8.78 Å². The zero-order chi connectivity index (χ0) is 19.9. The molecule has 27 heavy (non-hydrogen) atoms. The van der Waals surface area contributed by atoms with Crippen LogP contribution in [0.5, 0.6) is 0 Å². The van der Waals surface area contributed by atoms with Crippen LogP contribution in [0, 0.1) is 13.8 Å². The highest BCUT2D eigenvalue weighted by atomic mass is 19.3. The third-order valence-electron chi connectivity index (χ3n) is 4.22. The van der Waals surface area contributed by atoms with Crippen molar-refractivity contribution in [2.24, 2.45) is 0 Å². The van der Waals surface area contributed by atoms with Crippen molar-refractivity contribution in [1.29, 1.82) is 0 Å². The highest BCUT2D eigenvalue weighted by Gasteiger charge is 2.46. The van der Waals surface area contributed by atoms with Crippen molar-refractivity contribution < 1.29 is 22.0 Å². The Hall–Kier alpha value is -2.91. The number of alkyl halides is 4. The number of nitrogens with zero attached hydrogens (tertiary/aromatic N) is 3. The smallest absolute Gasteiger partial charge is 0.365 e. The fraction of sp³-hybridized carbons (Fsp3) is 0.353. The summed E-state index contributed by atoms with van der Waals surface area (Å²) in [5.74, 6) is -6.37.